The van der Waals surface area contributed by atoms with E-state index in [4.69, 9.17) is 9.84 Å². The first-order chi connectivity index (χ1) is 8.76. The van der Waals surface area contributed by atoms with Gasteiger partial charge in [-0.25, -0.2) is 4.79 Å². The molecule has 1 aliphatic rings. The van der Waals surface area contributed by atoms with Crippen LogP contribution in [0.4, 0.5) is 4.79 Å². The van der Waals surface area contributed by atoms with Crippen LogP contribution >= 0.6 is 0 Å². The lowest BCUT2D eigenvalue weighted by Gasteiger charge is -2.28. The van der Waals surface area contributed by atoms with E-state index in [1.54, 1.807) is 0 Å². The third kappa shape index (κ3) is 7.03. The number of ether oxygens (including phenoxy) is 1. The van der Waals surface area contributed by atoms with E-state index in [0.717, 1.165) is 25.7 Å². The first-order valence-electron chi connectivity index (χ1n) is 6.95. The average Bonchev–Trinajstić information content (AvgIpc) is 2.23. The molecular formula is C14H25NO4. The van der Waals surface area contributed by atoms with Gasteiger partial charge in [0.2, 0.25) is 0 Å². The van der Waals surface area contributed by atoms with Crippen molar-refractivity contribution in [3.63, 3.8) is 0 Å². The monoisotopic (exact) mass is 271 g/mol. The Balaban J connectivity index is 2.29. The van der Waals surface area contributed by atoms with Crippen LogP contribution in [0.1, 0.15) is 52.9 Å². The molecule has 1 rings (SSSR count). The molecule has 110 valence electrons. The third-order valence-electron chi connectivity index (χ3n) is 3.29. The second-order valence-electron chi connectivity index (χ2n) is 6.38. The number of carbonyl (C=O) groups is 2. The fourth-order valence-corrected chi connectivity index (χ4v) is 2.56. The number of hydrogen-bond acceptors (Lipinski definition) is 3. The van der Waals surface area contributed by atoms with Crippen molar-refractivity contribution >= 4 is 12.1 Å². The van der Waals surface area contributed by atoms with Gasteiger partial charge in [-0.1, -0.05) is 6.42 Å². The normalized spacial score (nSPS) is 23.7. The van der Waals surface area contributed by atoms with E-state index < -0.39 is 17.7 Å². The zero-order valence-corrected chi connectivity index (χ0v) is 12.1. The van der Waals surface area contributed by atoms with Gasteiger partial charge in [0.1, 0.15) is 5.60 Å². The summed E-state index contributed by atoms with van der Waals surface area (Å²) in [7, 11) is 0. The molecule has 2 atom stereocenters. The lowest BCUT2D eigenvalue weighted by molar-refractivity contribution is -0.138. The minimum atomic E-state index is -0.731. The van der Waals surface area contributed by atoms with Gasteiger partial charge in [-0.05, 0) is 51.9 Å². The molecule has 0 heterocycles. The number of carbonyl (C=O) groups excluding carboxylic acids is 1. The van der Waals surface area contributed by atoms with Crippen LogP contribution in [0.5, 0.6) is 0 Å². The van der Waals surface area contributed by atoms with E-state index >= 15 is 0 Å². The van der Waals surface area contributed by atoms with E-state index in [9.17, 15) is 9.59 Å². The topological polar surface area (TPSA) is 75.6 Å². The minimum Gasteiger partial charge on any atom is -0.481 e. The first kappa shape index (κ1) is 15.8. The van der Waals surface area contributed by atoms with Crippen molar-refractivity contribution in [2.45, 2.75) is 58.5 Å². The van der Waals surface area contributed by atoms with Crippen LogP contribution < -0.4 is 5.32 Å². The Morgan fingerprint density at radius 3 is 2.47 bits per heavy atom. The molecule has 0 aliphatic heterocycles. The van der Waals surface area contributed by atoms with Gasteiger partial charge >= 0.3 is 12.1 Å². The van der Waals surface area contributed by atoms with Crippen LogP contribution in [-0.2, 0) is 9.53 Å². The summed E-state index contributed by atoms with van der Waals surface area (Å²) in [6.45, 7) is 6.06. The lowest BCUT2D eigenvalue weighted by Crippen LogP contribution is -2.36. The molecular weight excluding hydrogens is 246 g/mol. The Morgan fingerprint density at radius 1 is 1.26 bits per heavy atom. The number of carboxylic acid groups (broad SMARTS) is 1. The molecule has 0 aromatic rings. The summed E-state index contributed by atoms with van der Waals surface area (Å²) in [6.07, 6.45) is 3.79. The number of hydrogen-bond donors (Lipinski definition) is 2. The largest absolute Gasteiger partial charge is 0.481 e. The van der Waals surface area contributed by atoms with E-state index in [1.807, 2.05) is 20.8 Å². The highest BCUT2D eigenvalue weighted by molar-refractivity contribution is 5.67. The number of alkyl carbamates (subject to hydrolysis) is 1. The summed E-state index contributed by atoms with van der Waals surface area (Å²) in [5.41, 5.74) is -0.484. The van der Waals surface area contributed by atoms with Gasteiger partial charge in [-0.3, -0.25) is 4.79 Å². The van der Waals surface area contributed by atoms with Crippen LogP contribution in [0.2, 0.25) is 0 Å². The molecule has 2 N–H and O–H groups in total. The smallest absolute Gasteiger partial charge is 0.407 e. The molecule has 0 radical (unpaired) electrons. The molecule has 1 saturated carbocycles. The maximum atomic E-state index is 11.5. The van der Waals surface area contributed by atoms with Gasteiger partial charge < -0.3 is 15.2 Å². The van der Waals surface area contributed by atoms with Crippen molar-refractivity contribution in [1.29, 1.82) is 0 Å². The molecule has 0 spiro atoms. The predicted octanol–water partition coefficient (Wildman–Crippen LogP) is 2.79. The molecule has 19 heavy (non-hydrogen) atoms. The molecule has 0 bridgehead atoms. The Morgan fingerprint density at radius 2 is 1.89 bits per heavy atom. The highest BCUT2D eigenvalue weighted by atomic mass is 16.6. The van der Waals surface area contributed by atoms with Crippen molar-refractivity contribution in [1.82, 2.24) is 5.32 Å². The summed E-state index contributed by atoms with van der Waals surface area (Å²) < 4.78 is 5.18. The molecule has 5 heteroatoms. The zero-order chi connectivity index (χ0) is 14.5. The molecule has 0 aromatic carbocycles. The van der Waals surface area contributed by atoms with Crippen molar-refractivity contribution < 1.29 is 19.4 Å². The van der Waals surface area contributed by atoms with E-state index in [-0.39, 0.29) is 12.3 Å². The number of rotatable bonds is 4. The Kier molecular flexibility index (Phi) is 5.63. The minimum absolute atomic E-state index is 0.239. The van der Waals surface area contributed by atoms with Crippen LogP contribution in [0.25, 0.3) is 0 Å². The van der Waals surface area contributed by atoms with Crippen molar-refractivity contribution in [3.05, 3.63) is 0 Å². The van der Waals surface area contributed by atoms with Crippen LogP contribution in [-0.4, -0.2) is 29.3 Å². The number of aliphatic carboxylic acids is 1. The Hall–Kier alpha value is -1.26. The maximum absolute atomic E-state index is 11.5. The van der Waals surface area contributed by atoms with Gasteiger partial charge in [0.15, 0.2) is 0 Å². The predicted molar refractivity (Wildman–Crippen MR) is 71.9 cm³/mol. The van der Waals surface area contributed by atoms with Crippen LogP contribution in [0.3, 0.4) is 0 Å². The second kappa shape index (κ2) is 6.78. The van der Waals surface area contributed by atoms with E-state index in [1.165, 1.54) is 0 Å². The fraction of sp³-hybridized carbons (Fsp3) is 0.857. The zero-order valence-electron chi connectivity index (χ0n) is 12.1. The molecule has 1 aliphatic carbocycles. The first-order valence-corrected chi connectivity index (χ1v) is 6.95. The van der Waals surface area contributed by atoms with Crippen LogP contribution in [0.15, 0.2) is 0 Å². The van der Waals surface area contributed by atoms with Gasteiger partial charge in [0, 0.05) is 13.0 Å². The quantitative estimate of drug-likeness (QED) is 0.824. The van der Waals surface area contributed by atoms with Crippen molar-refractivity contribution in [3.8, 4) is 0 Å². The summed E-state index contributed by atoms with van der Waals surface area (Å²) in [5.74, 6) is -0.118. The SMILES string of the molecule is CC(C)(C)OC(=O)NCC1CCCC(CC(=O)O)C1. The Bertz CT molecular complexity index is 322. The molecule has 5 nitrogen and oxygen atoms in total. The highest BCUT2D eigenvalue weighted by Gasteiger charge is 2.24. The molecule has 2 unspecified atom stereocenters. The maximum Gasteiger partial charge on any atom is 0.407 e. The molecule has 1 fully saturated rings. The highest BCUT2D eigenvalue weighted by Crippen LogP contribution is 2.30. The Labute approximate surface area is 114 Å². The summed E-state index contributed by atoms with van der Waals surface area (Å²) >= 11 is 0. The second-order valence-corrected chi connectivity index (χ2v) is 6.38. The van der Waals surface area contributed by atoms with Gasteiger partial charge in [-0.2, -0.15) is 0 Å². The van der Waals surface area contributed by atoms with Crippen molar-refractivity contribution in [2.75, 3.05) is 6.54 Å². The van der Waals surface area contributed by atoms with E-state index in [2.05, 4.69) is 5.32 Å². The van der Waals surface area contributed by atoms with Gasteiger partial charge in [0.25, 0.3) is 0 Å². The van der Waals surface area contributed by atoms with Crippen molar-refractivity contribution in [2.24, 2.45) is 11.8 Å². The van der Waals surface area contributed by atoms with Gasteiger partial charge in [0.05, 0.1) is 0 Å². The third-order valence-corrected chi connectivity index (χ3v) is 3.29. The lowest BCUT2D eigenvalue weighted by atomic mass is 9.80. The standard InChI is InChI=1S/C14H25NO4/c1-14(2,3)19-13(18)15-9-11-6-4-5-10(7-11)8-12(16)17/h10-11H,4-9H2,1-3H3,(H,15,18)(H,16,17). The molecule has 1 amide bonds. The molecule has 0 saturated heterocycles. The fourth-order valence-electron chi connectivity index (χ4n) is 2.56. The molecule has 0 aromatic heterocycles. The van der Waals surface area contributed by atoms with E-state index in [0.29, 0.717) is 12.5 Å². The van der Waals surface area contributed by atoms with Crippen LogP contribution in [0, 0.1) is 11.8 Å². The summed E-state index contributed by atoms with van der Waals surface area (Å²) in [4.78, 5) is 22.2. The average molecular weight is 271 g/mol. The number of nitrogens with one attached hydrogen (secondary N) is 1. The summed E-state index contributed by atoms with van der Waals surface area (Å²) in [5, 5.41) is 11.6. The number of carboxylic acids is 1. The number of amides is 1. The van der Waals surface area contributed by atoms with Gasteiger partial charge in [-0.15, -0.1) is 0 Å². The summed E-state index contributed by atoms with van der Waals surface area (Å²) in [6, 6.07) is 0.